The lowest BCUT2D eigenvalue weighted by molar-refractivity contribution is -0.113. The maximum Gasteiger partial charge on any atom is 0.283 e. The first-order valence-electron chi connectivity index (χ1n) is 9.77. The van der Waals surface area contributed by atoms with Gasteiger partial charge in [-0.25, -0.2) is 4.99 Å². The highest BCUT2D eigenvalue weighted by Gasteiger charge is 2.32. The molecule has 1 aliphatic heterocycles. The fourth-order valence-electron chi connectivity index (χ4n) is 3.15. The second-order valence-corrected chi connectivity index (χ2v) is 7.76. The maximum atomic E-state index is 13.3. The third kappa shape index (κ3) is 4.81. The van der Waals surface area contributed by atoms with E-state index in [1.165, 1.54) is 17.3 Å². The third-order valence-corrected chi connectivity index (χ3v) is 5.78. The molecule has 4 rings (SSSR count). The number of methoxy groups -OCH3 is 2. The largest absolute Gasteiger partial charge is 0.497 e. The Labute approximate surface area is 186 Å². The van der Waals surface area contributed by atoms with Crippen LogP contribution in [0.3, 0.4) is 0 Å². The number of carbonyl (C=O) groups is 1. The minimum absolute atomic E-state index is 0.167. The van der Waals surface area contributed by atoms with Gasteiger partial charge in [0.2, 0.25) is 0 Å². The van der Waals surface area contributed by atoms with Gasteiger partial charge in [-0.2, -0.15) is 0 Å². The molecular formula is C25H22N2O3S. The van der Waals surface area contributed by atoms with Crippen LogP contribution in [-0.4, -0.2) is 25.3 Å². The van der Waals surface area contributed by atoms with Crippen molar-refractivity contribution in [2.24, 2.45) is 4.99 Å². The van der Waals surface area contributed by atoms with Gasteiger partial charge in [-0.15, -0.1) is 0 Å². The van der Waals surface area contributed by atoms with E-state index in [0.29, 0.717) is 22.4 Å². The van der Waals surface area contributed by atoms with E-state index in [1.807, 2.05) is 66.7 Å². The molecule has 5 nitrogen and oxygen atoms in total. The van der Waals surface area contributed by atoms with Crippen molar-refractivity contribution in [3.8, 4) is 11.5 Å². The van der Waals surface area contributed by atoms with E-state index >= 15 is 0 Å². The quantitative estimate of drug-likeness (QED) is 0.493. The van der Waals surface area contributed by atoms with E-state index in [1.54, 1.807) is 25.2 Å². The lowest BCUT2D eigenvalue weighted by Crippen LogP contribution is -2.30. The van der Waals surface area contributed by atoms with Crippen LogP contribution in [0.5, 0.6) is 11.5 Å². The average molecular weight is 431 g/mol. The summed E-state index contributed by atoms with van der Waals surface area (Å²) in [5, 5.41) is 0.641. The van der Waals surface area contributed by atoms with Crippen LogP contribution < -0.4 is 14.4 Å². The Balaban J connectivity index is 1.66. The van der Waals surface area contributed by atoms with Gasteiger partial charge in [-0.3, -0.25) is 9.69 Å². The smallest absolute Gasteiger partial charge is 0.283 e. The van der Waals surface area contributed by atoms with Gasteiger partial charge in [0.15, 0.2) is 5.17 Å². The lowest BCUT2D eigenvalue weighted by Gasteiger charge is -2.18. The van der Waals surface area contributed by atoms with E-state index in [-0.39, 0.29) is 5.91 Å². The van der Waals surface area contributed by atoms with Crippen molar-refractivity contribution >= 4 is 34.6 Å². The summed E-state index contributed by atoms with van der Waals surface area (Å²) >= 11 is 1.53. The van der Waals surface area contributed by atoms with E-state index < -0.39 is 0 Å². The topological polar surface area (TPSA) is 51.1 Å². The second kappa shape index (κ2) is 9.53. The van der Waals surface area contributed by atoms with Gasteiger partial charge in [0.05, 0.1) is 19.9 Å². The minimum Gasteiger partial charge on any atom is -0.497 e. The molecule has 0 N–H and O–H groups in total. The molecule has 31 heavy (non-hydrogen) atoms. The molecule has 1 heterocycles. The molecule has 0 unspecified atom stereocenters. The van der Waals surface area contributed by atoms with Crippen LogP contribution in [0.25, 0.3) is 6.08 Å². The zero-order valence-electron chi connectivity index (χ0n) is 17.3. The van der Waals surface area contributed by atoms with Crippen LogP contribution in [-0.2, 0) is 10.5 Å². The van der Waals surface area contributed by atoms with Crippen molar-refractivity contribution in [3.63, 3.8) is 0 Å². The predicted octanol–water partition coefficient (Wildman–Crippen LogP) is 5.38. The molecule has 1 aliphatic rings. The standard InChI is InChI=1S/C25H22N2O3S/c1-29-21-13-11-18(12-14-21)15-23-24(28)27(20-9-6-10-22(16-20)30-2)25(26-23)31-17-19-7-4-3-5-8-19/h3-16H,17H2,1-2H3/b23-15-. The summed E-state index contributed by atoms with van der Waals surface area (Å²) in [7, 11) is 3.24. The van der Waals surface area contributed by atoms with Crippen molar-refractivity contribution in [1.82, 2.24) is 0 Å². The van der Waals surface area contributed by atoms with E-state index in [0.717, 1.165) is 17.0 Å². The summed E-state index contributed by atoms with van der Waals surface area (Å²) < 4.78 is 10.6. The molecule has 0 aromatic heterocycles. The van der Waals surface area contributed by atoms with Gasteiger partial charge >= 0.3 is 0 Å². The molecule has 0 aliphatic carbocycles. The summed E-state index contributed by atoms with van der Waals surface area (Å²) in [6.07, 6.45) is 1.80. The molecule has 0 bridgehead atoms. The molecule has 156 valence electrons. The molecule has 3 aromatic carbocycles. The highest BCUT2D eigenvalue weighted by Crippen LogP contribution is 2.32. The van der Waals surface area contributed by atoms with Gasteiger partial charge in [0.1, 0.15) is 17.2 Å². The van der Waals surface area contributed by atoms with Gasteiger partial charge in [-0.05, 0) is 41.5 Å². The number of thioether (sulfide) groups is 1. The summed E-state index contributed by atoms with van der Waals surface area (Å²) in [6.45, 7) is 0. The minimum atomic E-state index is -0.167. The number of amides is 1. The molecule has 0 saturated heterocycles. The van der Waals surface area contributed by atoms with Gasteiger partial charge in [0.25, 0.3) is 5.91 Å². The van der Waals surface area contributed by atoms with Gasteiger partial charge in [0, 0.05) is 11.8 Å². The fraction of sp³-hybridized carbons (Fsp3) is 0.120. The lowest BCUT2D eigenvalue weighted by atomic mass is 10.2. The number of aliphatic imine (C=N–C) groups is 1. The number of hydrogen-bond donors (Lipinski definition) is 0. The van der Waals surface area contributed by atoms with Crippen LogP contribution in [0.15, 0.2) is 89.6 Å². The Bertz CT molecular complexity index is 1130. The Morgan fingerprint density at radius 3 is 2.35 bits per heavy atom. The molecule has 6 heteroatoms. The zero-order chi connectivity index (χ0) is 21.6. The van der Waals surface area contributed by atoms with Crippen LogP contribution in [0.2, 0.25) is 0 Å². The average Bonchev–Trinajstić information content (AvgIpc) is 3.13. The number of amidine groups is 1. The van der Waals surface area contributed by atoms with Gasteiger partial charge in [-0.1, -0.05) is 60.3 Å². The molecule has 0 radical (unpaired) electrons. The summed E-state index contributed by atoms with van der Waals surface area (Å²) in [5.41, 5.74) is 3.17. The molecule has 0 saturated carbocycles. The number of benzene rings is 3. The van der Waals surface area contributed by atoms with E-state index in [4.69, 9.17) is 9.47 Å². The molecule has 1 amide bonds. The van der Waals surface area contributed by atoms with Crippen LogP contribution in [0.1, 0.15) is 11.1 Å². The fourth-order valence-corrected chi connectivity index (χ4v) is 4.12. The van der Waals surface area contributed by atoms with Gasteiger partial charge < -0.3 is 9.47 Å². The van der Waals surface area contributed by atoms with E-state index in [2.05, 4.69) is 17.1 Å². The Morgan fingerprint density at radius 1 is 0.903 bits per heavy atom. The predicted molar refractivity (Wildman–Crippen MR) is 127 cm³/mol. The molecular weight excluding hydrogens is 408 g/mol. The van der Waals surface area contributed by atoms with Crippen LogP contribution >= 0.6 is 11.8 Å². The Kier molecular flexibility index (Phi) is 6.38. The molecule has 3 aromatic rings. The maximum absolute atomic E-state index is 13.3. The van der Waals surface area contributed by atoms with Crippen LogP contribution in [0, 0.1) is 0 Å². The number of anilines is 1. The second-order valence-electron chi connectivity index (χ2n) is 6.81. The number of ether oxygens (including phenoxy) is 2. The molecule has 0 fully saturated rings. The summed E-state index contributed by atoms with van der Waals surface area (Å²) in [5.74, 6) is 1.99. The van der Waals surface area contributed by atoms with Crippen LogP contribution in [0.4, 0.5) is 5.69 Å². The number of carbonyl (C=O) groups excluding carboxylic acids is 1. The highest BCUT2D eigenvalue weighted by atomic mass is 32.2. The third-order valence-electron chi connectivity index (χ3n) is 4.77. The number of hydrogen-bond acceptors (Lipinski definition) is 5. The first-order valence-corrected chi connectivity index (χ1v) is 10.8. The summed E-state index contributed by atoms with van der Waals surface area (Å²) in [4.78, 5) is 19.6. The first kappa shape index (κ1) is 20.8. The molecule has 0 spiro atoms. The SMILES string of the molecule is COc1ccc(/C=C2\N=C(SCc3ccccc3)N(c3cccc(OC)c3)C2=O)cc1. The monoisotopic (exact) mass is 430 g/mol. The van der Waals surface area contributed by atoms with Crippen molar-refractivity contribution in [2.45, 2.75) is 5.75 Å². The Morgan fingerprint density at radius 2 is 1.65 bits per heavy atom. The van der Waals surface area contributed by atoms with Crippen molar-refractivity contribution in [1.29, 1.82) is 0 Å². The van der Waals surface area contributed by atoms with E-state index in [9.17, 15) is 4.79 Å². The zero-order valence-corrected chi connectivity index (χ0v) is 18.1. The van der Waals surface area contributed by atoms with Crippen molar-refractivity contribution < 1.29 is 14.3 Å². The van der Waals surface area contributed by atoms with Crippen molar-refractivity contribution in [2.75, 3.05) is 19.1 Å². The highest BCUT2D eigenvalue weighted by molar-refractivity contribution is 8.13. The number of rotatable bonds is 6. The molecule has 0 atom stereocenters. The summed E-state index contributed by atoms with van der Waals surface area (Å²) in [6, 6.07) is 25.1. The number of nitrogens with zero attached hydrogens (tertiary/aromatic N) is 2. The normalized spacial score (nSPS) is 14.6. The van der Waals surface area contributed by atoms with Crippen molar-refractivity contribution in [3.05, 3.63) is 95.7 Å². The first-order chi connectivity index (χ1) is 15.2. The Hall–Kier alpha value is -3.51.